The van der Waals surface area contributed by atoms with Crippen molar-refractivity contribution in [2.75, 3.05) is 13.2 Å². The fourth-order valence-corrected chi connectivity index (χ4v) is 2.05. The van der Waals surface area contributed by atoms with Gasteiger partial charge in [-0.15, -0.1) is 0 Å². The van der Waals surface area contributed by atoms with Crippen LogP contribution >= 0.6 is 22.6 Å². The van der Waals surface area contributed by atoms with Crippen LogP contribution in [0.25, 0.3) is 0 Å². The van der Waals surface area contributed by atoms with Crippen LogP contribution in [-0.4, -0.2) is 18.1 Å². The zero-order valence-corrected chi connectivity index (χ0v) is 12.6. The quantitative estimate of drug-likeness (QED) is 0.330. The molecule has 0 N–H and O–H groups in total. The zero-order chi connectivity index (χ0) is 14.4. The van der Waals surface area contributed by atoms with Gasteiger partial charge in [-0.2, -0.15) is 0 Å². The zero-order valence-electron chi connectivity index (χ0n) is 10.5. The smallest absolute Gasteiger partial charge is 0.269 e. The number of rotatable bonds is 6. The molecule has 0 saturated carbocycles. The van der Waals surface area contributed by atoms with Crippen molar-refractivity contribution >= 4 is 28.3 Å². The number of ether oxygens (including phenoxy) is 2. The number of halogens is 1. The second kappa shape index (κ2) is 7.09. The van der Waals surface area contributed by atoms with E-state index in [-0.39, 0.29) is 5.69 Å². The fourth-order valence-electron chi connectivity index (χ4n) is 1.54. The monoisotopic (exact) mass is 385 g/mol. The molecule has 6 heteroatoms. The molecule has 0 atom stereocenters. The molecule has 0 saturated heterocycles. The minimum Gasteiger partial charge on any atom is -0.490 e. The molecule has 0 aliphatic heterocycles. The van der Waals surface area contributed by atoms with Gasteiger partial charge < -0.3 is 9.47 Å². The Morgan fingerprint density at radius 2 is 1.65 bits per heavy atom. The molecular weight excluding hydrogens is 373 g/mol. The average Bonchev–Trinajstić information content (AvgIpc) is 2.44. The molecule has 0 radical (unpaired) electrons. The Bertz CT molecular complexity index is 586. The summed E-state index contributed by atoms with van der Waals surface area (Å²) >= 11 is 2.22. The predicted octanol–water partition coefficient (Wildman–Crippen LogP) is 3.66. The highest BCUT2D eigenvalue weighted by Gasteiger charge is 2.04. The summed E-state index contributed by atoms with van der Waals surface area (Å²) in [5.74, 6) is 1.38. The van der Waals surface area contributed by atoms with E-state index in [1.807, 2.05) is 24.3 Å². The third kappa shape index (κ3) is 4.37. The number of non-ortho nitro benzene ring substituents is 1. The highest BCUT2D eigenvalue weighted by atomic mass is 127. The molecule has 2 rings (SSSR count). The highest BCUT2D eigenvalue weighted by Crippen LogP contribution is 2.17. The first kappa shape index (κ1) is 14.6. The van der Waals surface area contributed by atoms with Gasteiger partial charge in [0.05, 0.1) is 4.92 Å². The van der Waals surface area contributed by atoms with Crippen LogP contribution < -0.4 is 9.47 Å². The van der Waals surface area contributed by atoms with Gasteiger partial charge in [-0.25, -0.2) is 0 Å². The topological polar surface area (TPSA) is 61.6 Å². The first-order chi connectivity index (χ1) is 9.65. The molecule has 0 spiro atoms. The molecule has 5 nitrogen and oxygen atoms in total. The van der Waals surface area contributed by atoms with Crippen LogP contribution in [-0.2, 0) is 0 Å². The first-order valence-corrected chi connectivity index (χ1v) is 6.98. The van der Waals surface area contributed by atoms with Crippen molar-refractivity contribution in [2.24, 2.45) is 0 Å². The summed E-state index contributed by atoms with van der Waals surface area (Å²) in [4.78, 5) is 10.1. The van der Waals surface area contributed by atoms with Crippen LogP contribution in [0.2, 0.25) is 0 Å². The number of nitrogens with zero attached hydrogens (tertiary/aromatic N) is 1. The molecule has 0 amide bonds. The molecule has 0 aromatic heterocycles. The Balaban J connectivity index is 1.77. The van der Waals surface area contributed by atoms with E-state index < -0.39 is 4.92 Å². The van der Waals surface area contributed by atoms with Crippen LogP contribution in [0.4, 0.5) is 5.69 Å². The Morgan fingerprint density at radius 1 is 1.00 bits per heavy atom. The molecule has 0 heterocycles. The maximum atomic E-state index is 10.5. The number of nitro benzene ring substituents is 1. The lowest BCUT2D eigenvalue weighted by Crippen LogP contribution is -2.09. The summed E-state index contributed by atoms with van der Waals surface area (Å²) < 4.78 is 12.1. The van der Waals surface area contributed by atoms with Gasteiger partial charge >= 0.3 is 0 Å². The summed E-state index contributed by atoms with van der Waals surface area (Å²) in [5.41, 5.74) is 0.0486. The van der Waals surface area contributed by atoms with Gasteiger partial charge in [0.2, 0.25) is 0 Å². The summed E-state index contributed by atoms with van der Waals surface area (Å²) in [6.07, 6.45) is 0. The predicted molar refractivity (Wildman–Crippen MR) is 83.2 cm³/mol. The SMILES string of the molecule is O=[N+]([O-])c1ccc(OCCOc2cccc(I)c2)cc1. The second-order valence-electron chi connectivity index (χ2n) is 3.91. The van der Waals surface area contributed by atoms with E-state index in [2.05, 4.69) is 22.6 Å². The number of benzene rings is 2. The van der Waals surface area contributed by atoms with Crippen molar-refractivity contribution < 1.29 is 14.4 Å². The van der Waals surface area contributed by atoms with Gasteiger partial charge in [-0.3, -0.25) is 10.1 Å². The lowest BCUT2D eigenvalue weighted by atomic mass is 10.3. The summed E-state index contributed by atoms with van der Waals surface area (Å²) in [6, 6.07) is 13.7. The van der Waals surface area contributed by atoms with Crippen molar-refractivity contribution in [1.82, 2.24) is 0 Å². The minimum absolute atomic E-state index is 0.0486. The average molecular weight is 385 g/mol. The Kier molecular flexibility index (Phi) is 5.16. The van der Waals surface area contributed by atoms with Crippen molar-refractivity contribution in [3.8, 4) is 11.5 Å². The third-order valence-corrected chi connectivity index (χ3v) is 3.14. The molecule has 0 aliphatic carbocycles. The Morgan fingerprint density at radius 3 is 2.25 bits per heavy atom. The summed E-state index contributed by atoms with van der Waals surface area (Å²) in [6.45, 7) is 0.792. The minimum atomic E-state index is -0.441. The number of hydrogen-bond acceptors (Lipinski definition) is 4. The molecule has 0 unspecified atom stereocenters. The van der Waals surface area contributed by atoms with E-state index >= 15 is 0 Å². The van der Waals surface area contributed by atoms with Crippen molar-refractivity contribution in [3.05, 3.63) is 62.2 Å². The molecule has 0 bridgehead atoms. The molecule has 0 fully saturated rings. The van der Waals surface area contributed by atoms with E-state index in [4.69, 9.17) is 9.47 Å². The van der Waals surface area contributed by atoms with Gasteiger partial charge in [0.15, 0.2) is 0 Å². The van der Waals surface area contributed by atoms with E-state index in [1.54, 1.807) is 12.1 Å². The van der Waals surface area contributed by atoms with Crippen molar-refractivity contribution in [1.29, 1.82) is 0 Å². The van der Waals surface area contributed by atoms with E-state index in [0.717, 1.165) is 9.32 Å². The lowest BCUT2D eigenvalue weighted by Gasteiger charge is -2.08. The highest BCUT2D eigenvalue weighted by molar-refractivity contribution is 14.1. The molecule has 104 valence electrons. The Hall–Kier alpha value is -1.83. The second-order valence-corrected chi connectivity index (χ2v) is 5.15. The van der Waals surface area contributed by atoms with Gasteiger partial charge in [0.1, 0.15) is 24.7 Å². The first-order valence-electron chi connectivity index (χ1n) is 5.91. The number of nitro groups is 1. The van der Waals surface area contributed by atoms with Crippen LogP contribution in [0.5, 0.6) is 11.5 Å². The molecule has 2 aromatic carbocycles. The van der Waals surface area contributed by atoms with Crippen molar-refractivity contribution in [3.63, 3.8) is 0 Å². The Labute approximate surface area is 129 Å². The van der Waals surface area contributed by atoms with E-state index in [0.29, 0.717) is 19.0 Å². The van der Waals surface area contributed by atoms with Crippen molar-refractivity contribution in [2.45, 2.75) is 0 Å². The van der Waals surface area contributed by atoms with Gasteiger partial charge in [0.25, 0.3) is 5.69 Å². The maximum absolute atomic E-state index is 10.5. The van der Waals surface area contributed by atoms with Gasteiger partial charge in [-0.05, 0) is 52.9 Å². The van der Waals surface area contributed by atoms with Gasteiger partial charge in [0, 0.05) is 15.7 Å². The molecule has 20 heavy (non-hydrogen) atoms. The molecule has 2 aromatic rings. The maximum Gasteiger partial charge on any atom is 0.269 e. The molecular formula is C14H12INO4. The van der Waals surface area contributed by atoms with Crippen LogP contribution in [0.15, 0.2) is 48.5 Å². The summed E-state index contributed by atoms with van der Waals surface area (Å²) in [7, 11) is 0. The third-order valence-electron chi connectivity index (χ3n) is 2.46. The normalized spacial score (nSPS) is 10.1. The van der Waals surface area contributed by atoms with Gasteiger partial charge in [-0.1, -0.05) is 6.07 Å². The van der Waals surface area contributed by atoms with Crippen LogP contribution in [0, 0.1) is 13.7 Å². The fraction of sp³-hybridized carbons (Fsp3) is 0.143. The van der Waals surface area contributed by atoms with Crippen LogP contribution in [0.3, 0.4) is 0 Å². The lowest BCUT2D eigenvalue weighted by molar-refractivity contribution is -0.384. The number of hydrogen-bond donors (Lipinski definition) is 0. The largest absolute Gasteiger partial charge is 0.490 e. The van der Waals surface area contributed by atoms with E-state index in [1.165, 1.54) is 12.1 Å². The summed E-state index contributed by atoms with van der Waals surface area (Å²) in [5, 5.41) is 10.5. The molecule has 0 aliphatic rings. The van der Waals surface area contributed by atoms with Crippen LogP contribution in [0.1, 0.15) is 0 Å². The standard InChI is InChI=1S/C14H12INO4/c15-11-2-1-3-14(10-11)20-9-8-19-13-6-4-12(5-7-13)16(17)18/h1-7,10H,8-9H2. The van der Waals surface area contributed by atoms with E-state index in [9.17, 15) is 10.1 Å².